The molecule has 380 valence electrons. The summed E-state index contributed by atoms with van der Waals surface area (Å²) >= 11 is 0. The van der Waals surface area contributed by atoms with E-state index in [-0.39, 0.29) is 49.7 Å². The Morgan fingerprint density at radius 2 is 0.731 bits per heavy atom. The number of hydrogen-bond donors (Lipinski definition) is 2. The molecule has 0 aromatic rings. The second kappa shape index (κ2) is 35.0. The summed E-state index contributed by atoms with van der Waals surface area (Å²) in [6, 6.07) is 0. The summed E-state index contributed by atoms with van der Waals surface area (Å²) in [5.41, 5.74) is 4.90. The monoisotopic (exact) mass is 955 g/mol. The maximum absolute atomic E-state index is 12.5. The van der Waals surface area contributed by atoms with E-state index in [2.05, 4.69) is 99.3 Å². The van der Waals surface area contributed by atoms with Gasteiger partial charge in [-0.3, -0.25) is 23.7 Å². The average molecular weight is 955 g/mol. The zero-order valence-corrected chi connectivity index (χ0v) is 41.1. The third kappa shape index (κ3) is 25.8. The van der Waals surface area contributed by atoms with Gasteiger partial charge >= 0.3 is 13.8 Å². The molecular weight excluding hydrogens is 864 g/mol. The van der Waals surface area contributed by atoms with E-state index in [0.29, 0.717) is 70.5 Å². The number of esters is 1. The van der Waals surface area contributed by atoms with Gasteiger partial charge in [-0.1, -0.05) is 83.0 Å². The highest BCUT2D eigenvalue weighted by Gasteiger charge is 2.28. The highest BCUT2D eigenvalue weighted by Crippen LogP contribution is 2.36. The van der Waals surface area contributed by atoms with Crippen molar-refractivity contribution in [3.05, 3.63) is 44.6 Å². The maximum Gasteiger partial charge on any atom is 0.469 e. The largest absolute Gasteiger partial charge is 0.469 e. The van der Waals surface area contributed by atoms with Crippen LogP contribution in [-0.4, -0.2) is 52.1 Å². The zero-order chi connectivity index (χ0) is 49.9. The lowest BCUT2D eigenvalue weighted by Crippen LogP contribution is -2.20. The van der Waals surface area contributed by atoms with Crippen molar-refractivity contribution >= 4 is 36.9 Å². The Kier molecular flexibility index (Phi) is 30.6. The molecule has 0 heterocycles. The average Bonchev–Trinajstić information content (AvgIpc) is 3.30. The van der Waals surface area contributed by atoms with Gasteiger partial charge in [-0.05, 0) is 170 Å². The molecule has 2 N–H and O–H groups in total. The molecule has 2 aliphatic rings. The Bertz CT molecular complexity index is 2590. The summed E-state index contributed by atoms with van der Waals surface area (Å²) in [5, 5.41) is 0. The first-order valence-electron chi connectivity index (χ1n) is 22.8. The molecule has 0 fully saturated rings. The first-order valence-corrected chi connectivity index (χ1v) is 24.3. The van der Waals surface area contributed by atoms with Crippen molar-refractivity contribution in [1.82, 2.24) is 0 Å². The molecule has 0 bridgehead atoms. The smallest absolute Gasteiger partial charge is 0.456 e. The third-order valence-electron chi connectivity index (χ3n) is 10.9. The van der Waals surface area contributed by atoms with Gasteiger partial charge in [0.15, 0.2) is 23.1 Å². The summed E-state index contributed by atoms with van der Waals surface area (Å²) in [6.07, 6.45) is 17.2. The van der Waals surface area contributed by atoms with Crippen LogP contribution in [0.4, 0.5) is 0 Å². The molecule has 0 saturated carbocycles. The van der Waals surface area contributed by atoms with Crippen LogP contribution in [0.5, 0.6) is 0 Å². The number of ether oxygens (including phenoxy) is 1. The van der Waals surface area contributed by atoms with Crippen LogP contribution in [-0.2, 0) is 37.8 Å². The number of phosphoric acid groups is 1. The number of carbonyl (C=O) groups excluding carboxylic acids is 5. The lowest BCUT2D eigenvalue weighted by Gasteiger charge is -2.18. The molecule has 0 atom stereocenters. The van der Waals surface area contributed by atoms with Gasteiger partial charge in [0.25, 0.3) is 0 Å². The fraction of sp³-hybridized carbons (Fsp3) is 0.482. The minimum Gasteiger partial charge on any atom is -0.456 e. The molecule has 11 heteroatoms. The number of phosphoric ester groups is 1. The molecule has 0 unspecified atom stereocenters. The van der Waals surface area contributed by atoms with Gasteiger partial charge < -0.3 is 14.5 Å². The second-order valence-electron chi connectivity index (χ2n) is 15.8. The van der Waals surface area contributed by atoms with Crippen molar-refractivity contribution in [1.29, 1.82) is 0 Å². The second-order valence-corrected chi connectivity index (χ2v) is 17.0. The van der Waals surface area contributed by atoms with Gasteiger partial charge in [0.05, 0.1) is 13.2 Å². The van der Waals surface area contributed by atoms with Crippen LogP contribution in [0.2, 0.25) is 0 Å². The molecule has 0 aromatic carbocycles. The van der Waals surface area contributed by atoms with Crippen LogP contribution in [0.15, 0.2) is 44.6 Å². The summed E-state index contributed by atoms with van der Waals surface area (Å²) in [7, 11) is -4.32. The van der Waals surface area contributed by atoms with Crippen LogP contribution in [0, 0.1) is 94.7 Å². The number of ketones is 4. The van der Waals surface area contributed by atoms with E-state index in [9.17, 15) is 28.5 Å². The van der Waals surface area contributed by atoms with Crippen molar-refractivity contribution in [3.63, 3.8) is 0 Å². The zero-order valence-electron chi connectivity index (χ0n) is 40.2. The van der Waals surface area contributed by atoms with Gasteiger partial charge in [-0.2, -0.15) is 0 Å². The quantitative estimate of drug-likeness (QED) is 0.0252. The van der Waals surface area contributed by atoms with Crippen LogP contribution in [0.3, 0.4) is 0 Å². The number of allylic oxidation sites excluding steroid dienone is 8. The van der Waals surface area contributed by atoms with E-state index in [1.165, 1.54) is 0 Å². The molecule has 10 nitrogen and oxygen atoms in total. The number of rotatable bonds is 23. The van der Waals surface area contributed by atoms with Crippen LogP contribution in [0.1, 0.15) is 184 Å². The Morgan fingerprint density at radius 3 is 1.09 bits per heavy atom. The van der Waals surface area contributed by atoms with Crippen molar-refractivity contribution in [2.24, 2.45) is 0 Å². The first kappa shape index (κ1) is 58.7. The van der Waals surface area contributed by atoms with E-state index in [1.54, 1.807) is 48.5 Å². The summed E-state index contributed by atoms with van der Waals surface area (Å²) in [4.78, 5) is 77.8. The highest BCUT2D eigenvalue weighted by molar-refractivity contribution is 7.46. The molecule has 0 aliphatic heterocycles. The first-order chi connectivity index (χ1) is 32.0. The number of carbonyl (C=O) groups is 5. The predicted octanol–water partition coefficient (Wildman–Crippen LogP) is 12.7. The van der Waals surface area contributed by atoms with E-state index >= 15 is 0 Å². The topological polar surface area (TPSA) is 161 Å². The van der Waals surface area contributed by atoms with Crippen LogP contribution < -0.4 is 0 Å². The molecular formula is C56H91O10P. The Morgan fingerprint density at radius 1 is 0.433 bits per heavy atom. The molecule has 0 aromatic heterocycles. The molecule has 0 amide bonds. The van der Waals surface area contributed by atoms with Crippen molar-refractivity contribution in [3.8, 4) is 94.7 Å². The van der Waals surface area contributed by atoms with E-state index in [1.807, 2.05) is 0 Å². The normalized spacial score (nSPS) is 12.9. The summed E-state index contributed by atoms with van der Waals surface area (Å²) in [6.45, 7) is 12.5. The SMILES string of the molecule is CC#CC#CC#CC#CC#CC#CC#CC#CC(=O)OCCCCCCCCCCC1=C(C)C(=O)C(C)=C(C)C1=O.CC1=C(C)C(=O)C(CCCCCCCCCCOP(=O)(O)O)=C(C)C1=O.[HH].[HH].[HH].[HH].[HH].[HH].[HH].[HH].[HH].[HH].[HH].[HH].[HH].[HH]. The minimum absolute atomic E-state index is 0. The minimum atomic E-state index is -4.32. The lowest BCUT2D eigenvalue weighted by atomic mass is 9.84. The van der Waals surface area contributed by atoms with Crippen LogP contribution in [0.25, 0.3) is 0 Å². The van der Waals surface area contributed by atoms with Gasteiger partial charge in [0.1, 0.15) is 0 Å². The van der Waals surface area contributed by atoms with E-state index in [4.69, 9.17) is 14.5 Å². The highest BCUT2D eigenvalue weighted by atomic mass is 31.2. The van der Waals surface area contributed by atoms with E-state index < -0.39 is 13.8 Å². The van der Waals surface area contributed by atoms with Gasteiger partial charge in [0.2, 0.25) is 0 Å². The maximum atomic E-state index is 12.5. The Balaban J connectivity index is -0.0000000836. The summed E-state index contributed by atoms with van der Waals surface area (Å²) < 4.78 is 20.0. The molecule has 0 radical (unpaired) electrons. The van der Waals surface area contributed by atoms with Crippen LogP contribution >= 0.6 is 7.82 Å². The Hall–Kier alpha value is -6.30. The Labute approximate surface area is 420 Å². The standard InChI is InChI=1S/C37H32O4.C19H31O6P.14H2/c1-5-6-7-8-9-10-11-12-13-14-15-16-20-23-26-29-35(38)41-30-27-24-21-18-17-19-22-25-28-34-33(4)36(39)31(2)32(3)37(34)40;1-14-15(2)19(21)17(16(3)18(14)20)12-10-8-6-4-5-7-9-11-13-25-26(22,23)24;;;;;;;;;;;;;;/h17-19,21-22,24-25,27-28,30H2,1-4H3;4-13H2,1-3H3,(H2,22,23,24);14*1H. The molecule has 67 heavy (non-hydrogen) atoms. The van der Waals surface area contributed by atoms with Gasteiger partial charge in [0, 0.05) is 70.5 Å². The predicted molar refractivity (Wildman–Crippen MR) is 292 cm³/mol. The van der Waals surface area contributed by atoms with Crippen molar-refractivity contribution in [2.45, 2.75) is 164 Å². The molecule has 2 rings (SSSR count). The fourth-order valence-corrected chi connectivity index (χ4v) is 7.11. The lowest BCUT2D eigenvalue weighted by molar-refractivity contribution is -0.136. The van der Waals surface area contributed by atoms with Crippen molar-refractivity contribution < 1.29 is 67.6 Å². The van der Waals surface area contributed by atoms with Gasteiger partial charge in [-0.25, -0.2) is 9.36 Å². The number of unbranched alkanes of at least 4 members (excludes halogenated alkanes) is 14. The summed E-state index contributed by atoms with van der Waals surface area (Å²) in [5.74, 6) is 39.3. The third-order valence-corrected chi connectivity index (χ3v) is 11.4. The van der Waals surface area contributed by atoms with E-state index in [0.717, 1.165) is 96.3 Å². The number of Topliss-reactive ketones (excluding diaryl/α,β-unsaturated/α-hetero) is 4. The molecule has 0 saturated heterocycles. The van der Waals surface area contributed by atoms with Gasteiger partial charge in [-0.15, -0.1) is 0 Å². The van der Waals surface area contributed by atoms with Crippen molar-refractivity contribution in [2.75, 3.05) is 13.2 Å². The molecule has 2 aliphatic carbocycles. The number of hydrogen-bond acceptors (Lipinski definition) is 8. The molecule has 0 spiro atoms. The fourth-order valence-electron chi connectivity index (χ4n) is 6.75.